The second-order valence-electron chi connectivity index (χ2n) is 7.84. The fraction of sp³-hybridized carbons (Fsp3) is 0.240. The van der Waals surface area contributed by atoms with E-state index in [1.165, 1.54) is 23.8 Å². The molecule has 4 nitrogen and oxygen atoms in total. The van der Waals surface area contributed by atoms with E-state index in [0.29, 0.717) is 5.92 Å². The predicted molar refractivity (Wildman–Crippen MR) is 135 cm³/mol. The lowest BCUT2D eigenvalue weighted by molar-refractivity contribution is 0.0989. The average molecular weight is 580 g/mol. The first-order valence-corrected chi connectivity index (χ1v) is 13.4. The molecule has 3 rings (SSSR count). The van der Waals surface area contributed by atoms with E-state index in [-0.39, 0.29) is 26.8 Å². The Morgan fingerprint density at radius 1 is 0.844 bits per heavy atom. The lowest BCUT2D eigenvalue weighted by Crippen LogP contribution is -2.21. The van der Waals surface area contributed by atoms with E-state index in [1.54, 1.807) is 30.3 Å². The molecule has 3 aromatic rings. The van der Waals surface area contributed by atoms with Crippen LogP contribution >= 0.6 is 31.9 Å². The Balaban J connectivity index is 1.85. The molecule has 0 amide bonds. The van der Waals surface area contributed by atoms with Gasteiger partial charge in [-0.1, -0.05) is 99.8 Å². The molecular formula is C25H24Br2O4S. The maximum atomic E-state index is 13.3. The largest absolute Gasteiger partial charge is 0.378 e. The highest BCUT2D eigenvalue weighted by molar-refractivity contribution is 9.12. The second-order valence-corrected chi connectivity index (χ2v) is 11.4. The summed E-state index contributed by atoms with van der Waals surface area (Å²) in [7, 11) is -4.08. The van der Waals surface area contributed by atoms with Crippen molar-refractivity contribution in [2.24, 2.45) is 0 Å². The van der Waals surface area contributed by atoms with Crippen molar-refractivity contribution < 1.29 is 17.4 Å². The van der Waals surface area contributed by atoms with Crippen molar-refractivity contribution in [3.8, 4) is 5.75 Å². The molecule has 0 unspecified atom stereocenters. The van der Waals surface area contributed by atoms with Crippen LogP contribution in [0.2, 0.25) is 0 Å². The molecule has 0 saturated heterocycles. The standard InChI is InChI=1S/C25H24Br2O4S/c1-16(2)18-10-12-19(13-11-18)23(26)24(27)25(28)21-6-4-5-7-22(21)31-32(29,30)20-14-8-17(3)9-15-20/h4-16,23-24H,1-3H3/t23-,24-/m0/s1. The number of ketones is 1. The molecule has 0 radical (unpaired) electrons. The molecule has 7 heteroatoms. The van der Waals surface area contributed by atoms with Crippen LogP contribution in [0.15, 0.2) is 77.7 Å². The van der Waals surface area contributed by atoms with Crippen LogP contribution in [0.4, 0.5) is 0 Å². The highest BCUT2D eigenvalue weighted by atomic mass is 79.9. The molecule has 168 valence electrons. The molecule has 0 aliphatic heterocycles. The Hall–Kier alpha value is -1.96. The number of hydrogen-bond donors (Lipinski definition) is 0. The van der Waals surface area contributed by atoms with Gasteiger partial charge in [0.05, 0.1) is 15.2 Å². The monoisotopic (exact) mass is 578 g/mol. The van der Waals surface area contributed by atoms with Gasteiger partial charge in [-0.3, -0.25) is 4.79 Å². The number of carbonyl (C=O) groups is 1. The Bertz CT molecular complexity index is 1190. The number of hydrogen-bond acceptors (Lipinski definition) is 4. The minimum atomic E-state index is -4.08. The molecule has 2 atom stereocenters. The van der Waals surface area contributed by atoms with E-state index < -0.39 is 14.9 Å². The van der Waals surface area contributed by atoms with Crippen LogP contribution in [0.25, 0.3) is 0 Å². The van der Waals surface area contributed by atoms with Gasteiger partial charge in [-0.2, -0.15) is 8.42 Å². The van der Waals surface area contributed by atoms with Gasteiger partial charge in [0, 0.05) is 0 Å². The molecule has 0 spiro atoms. The summed E-state index contributed by atoms with van der Waals surface area (Å²) < 4.78 is 30.9. The van der Waals surface area contributed by atoms with Gasteiger partial charge in [0.1, 0.15) is 4.90 Å². The number of alkyl halides is 2. The summed E-state index contributed by atoms with van der Waals surface area (Å²) in [6.45, 7) is 6.12. The smallest absolute Gasteiger partial charge is 0.339 e. The van der Waals surface area contributed by atoms with Crippen LogP contribution in [-0.4, -0.2) is 19.0 Å². The van der Waals surface area contributed by atoms with Crippen LogP contribution in [0.3, 0.4) is 0 Å². The van der Waals surface area contributed by atoms with E-state index in [1.807, 2.05) is 31.2 Å². The molecule has 3 aromatic carbocycles. The van der Waals surface area contributed by atoms with Gasteiger partial charge < -0.3 is 4.18 Å². The lowest BCUT2D eigenvalue weighted by Gasteiger charge is -2.18. The third-order valence-electron chi connectivity index (χ3n) is 5.09. The fourth-order valence-corrected chi connectivity index (χ4v) is 5.17. The van der Waals surface area contributed by atoms with Crippen molar-refractivity contribution >= 4 is 47.8 Å². The Kier molecular flexibility index (Phi) is 7.96. The average Bonchev–Trinajstić information content (AvgIpc) is 2.78. The Labute approximate surface area is 206 Å². The molecule has 0 bridgehead atoms. The van der Waals surface area contributed by atoms with Crippen molar-refractivity contribution in [2.45, 2.75) is 41.2 Å². The zero-order valence-corrected chi connectivity index (χ0v) is 21.9. The van der Waals surface area contributed by atoms with Gasteiger partial charge in [0.15, 0.2) is 11.5 Å². The number of carbonyl (C=O) groups excluding carboxylic acids is 1. The summed E-state index contributed by atoms with van der Waals surface area (Å²) in [6.07, 6.45) is 0. The van der Waals surface area contributed by atoms with Gasteiger partial charge in [0.2, 0.25) is 0 Å². The minimum absolute atomic E-state index is 0.00243. The number of rotatable bonds is 8. The second kappa shape index (κ2) is 10.3. The zero-order valence-electron chi connectivity index (χ0n) is 18.0. The molecule has 0 saturated carbocycles. The molecular weight excluding hydrogens is 556 g/mol. The molecule has 0 aliphatic carbocycles. The third-order valence-corrected chi connectivity index (χ3v) is 9.05. The first kappa shape index (κ1) is 24.7. The first-order valence-electron chi connectivity index (χ1n) is 10.1. The topological polar surface area (TPSA) is 60.4 Å². The summed E-state index contributed by atoms with van der Waals surface area (Å²) in [6, 6.07) is 20.8. The fourth-order valence-electron chi connectivity index (χ4n) is 3.13. The Morgan fingerprint density at radius 2 is 1.41 bits per heavy atom. The van der Waals surface area contributed by atoms with Crippen LogP contribution < -0.4 is 4.18 Å². The summed E-state index contributed by atoms with van der Waals surface area (Å²) in [5.41, 5.74) is 3.28. The predicted octanol–water partition coefficient (Wildman–Crippen LogP) is 6.97. The van der Waals surface area contributed by atoms with Gasteiger partial charge in [-0.25, -0.2) is 0 Å². The van der Waals surface area contributed by atoms with Crippen LogP contribution in [0.5, 0.6) is 5.75 Å². The molecule has 0 fully saturated rings. The zero-order chi connectivity index (χ0) is 23.5. The van der Waals surface area contributed by atoms with E-state index in [0.717, 1.165) is 11.1 Å². The highest BCUT2D eigenvalue weighted by Gasteiger charge is 2.29. The van der Waals surface area contributed by atoms with Crippen molar-refractivity contribution in [3.05, 3.63) is 95.1 Å². The number of benzene rings is 3. The SMILES string of the molecule is Cc1ccc(S(=O)(=O)Oc2ccccc2C(=O)[C@@H](Br)[C@@H](Br)c2ccc(C(C)C)cc2)cc1. The van der Waals surface area contributed by atoms with Crippen LogP contribution in [0, 0.1) is 6.92 Å². The summed E-state index contributed by atoms with van der Waals surface area (Å²) in [4.78, 5) is 12.4. The van der Waals surface area contributed by atoms with E-state index >= 15 is 0 Å². The summed E-state index contributed by atoms with van der Waals surface area (Å²) >= 11 is 7.11. The van der Waals surface area contributed by atoms with Gasteiger partial charge >= 0.3 is 10.1 Å². The van der Waals surface area contributed by atoms with Crippen molar-refractivity contribution in [1.82, 2.24) is 0 Å². The van der Waals surface area contributed by atoms with Gasteiger partial charge in [-0.05, 0) is 48.2 Å². The molecule has 0 aliphatic rings. The molecule has 0 aromatic heterocycles. The number of aryl methyl sites for hydroxylation is 1. The normalized spacial score (nSPS) is 13.6. The maximum Gasteiger partial charge on any atom is 0.339 e. The number of halogens is 2. The van der Waals surface area contributed by atoms with Crippen LogP contribution in [0.1, 0.15) is 51.6 Å². The van der Waals surface area contributed by atoms with Crippen molar-refractivity contribution in [1.29, 1.82) is 0 Å². The van der Waals surface area contributed by atoms with Crippen molar-refractivity contribution in [3.63, 3.8) is 0 Å². The summed E-state index contributed by atoms with van der Waals surface area (Å²) in [5.74, 6) is 0.130. The Morgan fingerprint density at radius 3 is 2.00 bits per heavy atom. The molecule has 0 heterocycles. The molecule has 32 heavy (non-hydrogen) atoms. The van der Waals surface area contributed by atoms with E-state index in [2.05, 4.69) is 45.7 Å². The van der Waals surface area contributed by atoms with Crippen molar-refractivity contribution in [2.75, 3.05) is 0 Å². The van der Waals surface area contributed by atoms with Gasteiger partial charge in [-0.15, -0.1) is 0 Å². The third kappa shape index (κ3) is 5.69. The minimum Gasteiger partial charge on any atom is -0.378 e. The quantitative estimate of drug-likeness (QED) is 0.164. The van der Waals surface area contributed by atoms with Crippen LogP contribution in [-0.2, 0) is 10.1 Å². The van der Waals surface area contributed by atoms with E-state index in [9.17, 15) is 13.2 Å². The first-order chi connectivity index (χ1) is 15.1. The lowest BCUT2D eigenvalue weighted by atomic mass is 9.98. The maximum absolute atomic E-state index is 13.3. The van der Waals surface area contributed by atoms with E-state index in [4.69, 9.17) is 4.18 Å². The number of para-hydroxylation sites is 1. The molecule has 0 N–H and O–H groups in total. The summed E-state index contributed by atoms with van der Waals surface area (Å²) in [5, 5.41) is 0. The van der Waals surface area contributed by atoms with Gasteiger partial charge in [0.25, 0.3) is 0 Å². The highest BCUT2D eigenvalue weighted by Crippen LogP contribution is 2.36. The number of Topliss-reactive ketones (excluding diaryl/α,β-unsaturated/α-hetero) is 1.